The van der Waals surface area contributed by atoms with E-state index in [0.717, 1.165) is 32.1 Å². The van der Waals surface area contributed by atoms with Gasteiger partial charge in [-0.2, -0.15) is 0 Å². The quantitative estimate of drug-likeness (QED) is 0.435. The van der Waals surface area contributed by atoms with Gasteiger partial charge in [0, 0.05) is 6.54 Å². The van der Waals surface area contributed by atoms with Crippen LogP contribution in [0.1, 0.15) is 66.7 Å². The molecule has 1 amide bonds. The minimum atomic E-state index is -0.185. The maximum Gasteiger partial charge on any atom is 0.246 e. The molecule has 0 aromatic rings. The van der Waals surface area contributed by atoms with E-state index in [0.29, 0.717) is 26.3 Å². The molecule has 0 aliphatic heterocycles. The van der Waals surface area contributed by atoms with Crippen LogP contribution in [0.4, 0.5) is 0 Å². The van der Waals surface area contributed by atoms with E-state index < -0.39 is 0 Å². The number of amides is 1. The molecule has 0 heterocycles. The molecule has 26 heavy (non-hydrogen) atoms. The molecule has 0 aromatic carbocycles. The van der Waals surface area contributed by atoms with Crippen LogP contribution in [0.15, 0.2) is 0 Å². The van der Waals surface area contributed by atoms with Gasteiger partial charge in [-0.1, -0.05) is 27.7 Å². The second-order valence-electron chi connectivity index (χ2n) is 7.70. The highest BCUT2D eigenvalue weighted by molar-refractivity contribution is 5.79. The molecule has 0 fully saturated rings. The number of carbonyl (C=O) groups excluding carboxylic acids is 2. The smallest absolute Gasteiger partial charge is 0.246 e. The molecule has 0 radical (unpaired) electrons. The Kier molecular flexibility index (Phi) is 12.7. The molecule has 0 rings (SSSR count). The van der Waals surface area contributed by atoms with E-state index in [4.69, 9.17) is 15.2 Å². The highest BCUT2D eigenvalue weighted by Gasteiger charge is 2.28. The van der Waals surface area contributed by atoms with Gasteiger partial charge in [0.2, 0.25) is 5.91 Å². The van der Waals surface area contributed by atoms with Gasteiger partial charge < -0.3 is 20.5 Å². The van der Waals surface area contributed by atoms with Gasteiger partial charge in [0.05, 0.1) is 13.2 Å². The monoisotopic (exact) mass is 372 g/mol. The average Bonchev–Trinajstić information content (AvgIpc) is 2.60. The predicted molar refractivity (Wildman–Crippen MR) is 105 cm³/mol. The summed E-state index contributed by atoms with van der Waals surface area (Å²) in [6.07, 6.45) is 4.87. The highest BCUT2D eigenvalue weighted by atomic mass is 16.5. The van der Waals surface area contributed by atoms with Crippen LogP contribution < -0.4 is 11.1 Å². The van der Waals surface area contributed by atoms with Crippen LogP contribution >= 0.6 is 0 Å². The zero-order valence-electron chi connectivity index (χ0n) is 17.5. The molecule has 0 spiro atoms. The van der Waals surface area contributed by atoms with Crippen LogP contribution in [0.3, 0.4) is 0 Å². The number of ether oxygens (including phenoxy) is 2. The van der Waals surface area contributed by atoms with Crippen LogP contribution in [0, 0.1) is 10.8 Å². The van der Waals surface area contributed by atoms with Crippen LogP contribution in [-0.2, 0) is 19.1 Å². The Morgan fingerprint density at radius 1 is 0.962 bits per heavy atom. The number of nitrogens with one attached hydrogen (secondary N) is 1. The minimum Gasteiger partial charge on any atom is -0.380 e. The third-order valence-electron chi connectivity index (χ3n) is 5.48. The molecule has 0 saturated heterocycles. The van der Waals surface area contributed by atoms with E-state index in [9.17, 15) is 9.59 Å². The number of nitrogens with two attached hydrogens (primary N) is 1. The lowest BCUT2D eigenvalue weighted by Gasteiger charge is -2.34. The SMILES string of the molecule is CCC(C)(CCN)COCC(CC)(CC)CCNC(=O)COCC(C)=O. The van der Waals surface area contributed by atoms with Gasteiger partial charge in [-0.3, -0.25) is 9.59 Å². The molecule has 0 bridgehead atoms. The molecule has 0 aromatic heterocycles. The van der Waals surface area contributed by atoms with Crippen LogP contribution in [0.2, 0.25) is 0 Å². The number of carbonyl (C=O) groups is 2. The maximum absolute atomic E-state index is 11.8. The van der Waals surface area contributed by atoms with Crippen molar-refractivity contribution in [2.24, 2.45) is 16.6 Å². The summed E-state index contributed by atoms with van der Waals surface area (Å²) in [5.74, 6) is -0.269. The van der Waals surface area contributed by atoms with Crippen molar-refractivity contribution in [1.82, 2.24) is 5.32 Å². The molecule has 0 aliphatic carbocycles. The van der Waals surface area contributed by atoms with Crippen LogP contribution in [0.25, 0.3) is 0 Å². The molecule has 3 N–H and O–H groups in total. The summed E-state index contributed by atoms with van der Waals surface area (Å²) in [4.78, 5) is 22.6. The van der Waals surface area contributed by atoms with Gasteiger partial charge in [0.15, 0.2) is 5.78 Å². The summed E-state index contributed by atoms with van der Waals surface area (Å²) < 4.78 is 11.1. The summed E-state index contributed by atoms with van der Waals surface area (Å²) in [5, 5.41) is 2.87. The molecule has 1 unspecified atom stereocenters. The fraction of sp³-hybridized carbons (Fsp3) is 0.900. The van der Waals surface area contributed by atoms with Gasteiger partial charge in [-0.05, 0) is 56.4 Å². The zero-order valence-corrected chi connectivity index (χ0v) is 17.5. The van der Waals surface area contributed by atoms with Crippen molar-refractivity contribution >= 4 is 11.7 Å². The maximum atomic E-state index is 11.8. The minimum absolute atomic E-state index is 0.0197. The fourth-order valence-electron chi connectivity index (χ4n) is 2.90. The number of hydrogen-bond acceptors (Lipinski definition) is 5. The fourth-order valence-corrected chi connectivity index (χ4v) is 2.90. The predicted octanol–water partition coefficient (Wildman–Crippen LogP) is 2.69. The lowest BCUT2D eigenvalue weighted by molar-refractivity contribution is -0.129. The summed E-state index contributed by atoms with van der Waals surface area (Å²) in [5.41, 5.74) is 5.91. The van der Waals surface area contributed by atoms with E-state index in [1.165, 1.54) is 6.92 Å². The topological polar surface area (TPSA) is 90.7 Å². The lowest BCUT2D eigenvalue weighted by Crippen LogP contribution is -2.36. The first kappa shape index (κ1) is 25.0. The largest absolute Gasteiger partial charge is 0.380 e. The molecule has 1 atom stereocenters. The Morgan fingerprint density at radius 3 is 2.12 bits per heavy atom. The molecule has 0 saturated carbocycles. The molecule has 0 aliphatic rings. The van der Waals surface area contributed by atoms with Crippen molar-refractivity contribution in [3.05, 3.63) is 0 Å². The number of rotatable bonds is 16. The molecule has 6 heteroatoms. The zero-order chi connectivity index (χ0) is 20.1. The number of Topliss-reactive ketones (excluding diaryl/α,β-unsaturated/α-hetero) is 1. The lowest BCUT2D eigenvalue weighted by atomic mass is 9.79. The van der Waals surface area contributed by atoms with Gasteiger partial charge in [0.25, 0.3) is 0 Å². The second-order valence-corrected chi connectivity index (χ2v) is 7.70. The van der Waals surface area contributed by atoms with Crippen molar-refractivity contribution in [1.29, 1.82) is 0 Å². The summed E-state index contributed by atoms with van der Waals surface area (Å²) in [7, 11) is 0. The molecule has 6 nitrogen and oxygen atoms in total. The molecular weight excluding hydrogens is 332 g/mol. The van der Waals surface area contributed by atoms with Gasteiger partial charge in [-0.15, -0.1) is 0 Å². The third-order valence-corrected chi connectivity index (χ3v) is 5.48. The van der Waals surface area contributed by atoms with E-state index in [1.807, 2.05) is 0 Å². The first-order chi connectivity index (χ1) is 12.3. The van der Waals surface area contributed by atoms with Crippen molar-refractivity contribution in [2.75, 3.05) is 39.5 Å². The van der Waals surface area contributed by atoms with Crippen molar-refractivity contribution in [3.63, 3.8) is 0 Å². The first-order valence-corrected chi connectivity index (χ1v) is 9.88. The summed E-state index contributed by atoms with van der Waals surface area (Å²) in [6.45, 7) is 12.8. The second kappa shape index (κ2) is 13.2. The number of ketones is 1. The van der Waals surface area contributed by atoms with Crippen LogP contribution in [-0.4, -0.2) is 51.2 Å². The van der Waals surface area contributed by atoms with Crippen molar-refractivity contribution in [3.8, 4) is 0 Å². The standard InChI is InChI=1S/C20H40N2O4/c1-6-19(5,9-11-21)15-26-16-20(7-2,8-3)10-12-22-18(24)14-25-13-17(4)23/h6-16,21H2,1-5H3,(H,22,24). The first-order valence-electron chi connectivity index (χ1n) is 9.88. The Labute approximate surface area is 159 Å². The summed E-state index contributed by atoms with van der Waals surface area (Å²) >= 11 is 0. The average molecular weight is 373 g/mol. The molecule has 154 valence electrons. The van der Waals surface area contributed by atoms with E-state index in [-0.39, 0.29) is 35.7 Å². The highest BCUT2D eigenvalue weighted by Crippen LogP contribution is 2.32. The number of hydrogen-bond donors (Lipinski definition) is 2. The Morgan fingerprint density at radius 2 is 1.62 bits per heavy atom. The molecular formula is C20H40N2O4. The van der Waals surface area contributed by atoms with E-state index in [1.54, 1.807) is 0 Å². The van der Waals surface area contributed by atoms with E-state index >= 15 is 0 Å². The normalized spacial score (nSPS) is 14.1. The van der Waals surface area contributed by atoms with Crippen molar-refractivity contribution in [2.45, 2.75) is 66.7 Å². The Balaban J connectivity index is 4.34. The van der Waals surface area contributed by atoms with E-state index in [2.05, 4.69) is 33.0 Å². The van der Waals surface area contributed by atoms with Gasteiger partial charge in [0.1, 0.15) is 13.2 Å². The van der Waals surface area contributed by atoms with Gasteiger partial charge >= 0.3 is 0 Å². The van der Waals surface area contributed by atoms with Crippen molar-refractivity contribution < 1.29 is 19.1 Å². The Hall–Kier alpha value is -0.980. The third kappa shape index (κ3) is 10.2. The van der Waals surface area contributed by atoms with Gasteiger partial charge in [-0.25, -0.2) is 0 Å². The Bertz CT molecular complexity index is 411. The van der Waals surface area contributed by atoms with Crippen LogP contribution in [0.5, 0.6) is 0 Å². The summed E-state index contributed by atoms with van der Waals surface area (Å²) in [6, 6.07) is 0.